The van der Waals surface area contributed by atoms with Crippen molar-refractivity contribution >= 4 is 23.6 Å². The number of rotatable bonds is 6. The SMILES string of the molecule is NN1C(=O)CCC(N2Cc3cc(CNC4CCN(Cc5ccccc5)C(=O)C4)ccc3C2=O)C1=O. The molecule has 0 aromatic heterocycles. The highest BCUT2D eigenvalue weighted by Gasteiger charge is 2.41. The predicted molar refractivity (Wildman–Crippen MR) is 127 cm³/mol. The third-order valence-corrected chi connectivity index (χ3v) is 7.13. The Morgan fingerprint density at radius 1 is 0.943 bits per heavy atom. The molecule has 0 aliphatic carbocycles. The topological polar surface area (TPSA) is 116 Å². The molecule has 3 heterocycles. The second-order valence-electron chi connectivity index (χ2n) is 9.45. The summed E-state index contributed by atoms with van der Waals surface area (Å²) in [5, 5.41) is 4.12. The van der Waals surface area contributed by atoms with Gasteiger partial charge in [-0.05, 0) is 35.6 Å². The molecular weight excluding hydrogens is 446 g/mol. The number of nitrogens with zero attached hydrogens (tertiary/aromatic N) is 3. The smallest absolute Gasteiger partial charge is 0.266 e. The average Bonchev–Trinajstić information content (AvgIpc) is 3.19. The molecule has 182 valence electrons. The minimum atomic E-state index is -0.716. The van der Waals surface area contributed by atoms with Crippen molar-refractivity contribution in [1.29, 1.82) is 0 Å². The highest BCUT2D eigenvalue weighted by Crippen LogP contribution is 2.29. The molecule has 2 aromatic rings. The fourth-order valence-electron chi connectivity index (χ4n) is 5.12. The van der Waals surface area contributed by atoms with E-state index in [1.165, 1.54) is 4.90 Å². The Balaban J connectivity index is 1.16. The van der Waals surface area contributed by atoms with Crippen LogP contribution in [0.2, 0.25) is 0 Å². The summed E-state index contributed by atoms with van der Waals surface area (Å²) in [7, 11) is 0. The maximum absolute atomic E-state index is 12.9. The number of hydrogen-bond donors (Lipinski definition) is 2. The lowest BCUT2D eigenvalue weighted by Crippen LogP contribution is -2.57. The molecule has 0 spiro atoms. The molecule has 0 saturated carbocycles. The number of nitrogens with one attached hydrogen (secondary N) is 1. The van der Waals surface area contributed by atoms with Gasteiger partial charge in [0.05, 0.1) is 0 Å². The number of fused-ring (bicyclic) bond motifs is 1. The molecule has 9 nitrogen and oxygen atoms in total. The van der Waals surface area contributed by atoms with Gasteiger partial charge in [-0.2, -0.15) is 0 Å². The van der Waals surface area contributed by atoms with Gasteiger partial charge >= 0.3 is 0 Å². The number of amides is 4. The highest BCUT2D eigenvalue weighted by atomic mass is 16.2. The van der Waals surface area contributed by atoms with E-state index in [0.29, 0.717) is 36.6 Å². The van der Waals surface area contributed by atoms with Crippen LogP contribution in [-0.4, -0.2) is 57.1 Å². The molecule has 35 heavy (non-hydrogen) atoms. The minimum Gasteiger partial charge on any atom is -0.338 e. The zero-order valence-corrected chi connectivity index (χ0v) is 19.5. The van der Waals surface area contributed by atoms with Crippen LogP contribution in [0, 0.1) is 0 Å². The van der Waals surface area contributed by atoms with Gasteiger partial charge in [-0.15, -0.1) is 0 Å². The second kappa shape index (κ2) is 9.59. The highest BCUT2D eigenvalue weighted by molar-refractivity contribution is 6.05. The van der Waals surface area contributed by atoms with Gasteiger partial charge in [-0.3, -0.25) is 19.2 Å². The number of hydrogen-bond acceptors (Lipinski definition) is 6. The maximum atomic E-state index is 12.9. The molecule has 2 unspecified atom stereocenters. The van der Waals surface area contributed by atoms with Crippen LogP contribution >= 0.6 is 0 Å². The van der Waals surface area contributed by atoms with Gasteiger partial charge in [0, 0.05) is 50.6 Å². The number of piperidine rings is 2. The molecule has 4 amide bonds. The number of carbonyl (C=O) groups excluding carboxylic acids is 4. The lowest BCUT2D eigenvalue weighted by molar-refractivity contribution is -0.152. The molecule has 3 aliphatic rings. The number of nitrogens with two attached hydrogens (primary N) is 1. The Kier molecular flexibility index (Phi) is 6.36. The molecule has 2 fully saturated rings. The van der Waals surface area contributed by atoms with Crippen LogP contribution in [0.4, 0.5) is 0 Å². The van der Waals surface area contributed by atoms with Crippen LogP contribution < -0.4 is 11.2 Å². The largest absolute Gasteiger partial charge is 0.338 e. The molecular formula is C26H29N5O4. The lowest BCUT2D eigenvalue weighted by Gasteiger charge is -2.33. The summed E-state index contributed by atoms with van der Waals surface area (Å²) in [4.78, 5) is 53.1. The van der Waals surface area contributed by atoms with Crippen molar-refractivity contribution in [2.24, 2.45) is 5.84 Å². The number of carbonyl (C=O) groups is 4. The Morgan fingerprint density at radius 3 is 2.51 bits per heavy atom. The Hall–Kier alpha value is -3.56. The van der Waals surface area contributed by atoms with Gasteiger partial charge < -0.3 is 15.1 Å². The average molecular weight is 476 g/mol. The van der Waals surface area contributed by atoms with Crippen molar-refractivity contribution in [2.75, 3.05) is 6.54 Å². The first kappa shape index (κ1) is 23.2. The molecule has 3 N–H and O–H groups in total. The van der Waals surface area contributed by atoms with Crippen LogP contribution in [0.3, 0.4) is 0 Å². The second-order valence-corrected chi connectivity index (χ2v) is 9.45. The molecule has 3 aliphatic heterocycles. The van der Waals surface area contributed by atoms with Crippen molar-refractivity contribution in [3.05, 3.63) is 70.8 Å². The number of benzene rings is 2. The first-order chi connectivity index (χ1) is 16.9. The summed E-state index contributed by atoms with van der Waals surface area (Å²) in [6, 6.07) is 15.1. The van der Waals surface area contributed by atoms with Gasteiger partial charge in [-0.1, -0.05) is 42.5 Å². The lowest BCUT2D eigenvalue weighted by atomic mass is 10.0. The zero-order chi connectivity index (χ0) is 24.5. The van der Waals surface area contributed by atoms with Crippen molar-refractivity contribution in [2.45, 2.75) is 57.4 Å². The van der Waals surface area contributed by atoms with Gasteiger partial charge in [0.25, 0.3) is 11.8 Å². The van der Waals surface area contributed by atoms with E-state index in [9.17, 15) is 19.2 Å². The Bertz CT molecular complexity index is 1170. The van der Waals surface area contributed by atoms with Crippen molar-refractivity contribution in [1.82, 2.24) is 20.1 Å². The molecule has 2 atom stereocenters. The Labute approximate surface area is 203 Å². The molecule has 2 saturated heterocycles. The fraction of sp³-hybridized carbons (Fsp3) is 0.385. The summed E-state index contributed by atoms with van der Waals surface area (Å²) < 4.78 is 0. The summed E-state index contributed by atoms with van der Waals surface area (Å²) >= 11 is 0. The number of likely N-dealkylation sites (tertiary alicyclic amines) is 1. The van der Waals surface area contributed by atoms with E-state index < -0.39 is 17.9 Å². The first-order valence-electron chi connectivity index (χ1n) is 12.0. The summed E-state index contributed by atoms with van der Waals surface area (Å²) in [6.45, 7) is 2.26. The van der Waals surface area contributed by atoms with Gasteiger partial charge in [0.2, 0.25) is 11.8 Å². The van der Waals surface area contributed by atoms with Gasteiger partial charge in [-0.25, -0.2) is 10.9 Å². The van der Waals surface area contributed by atoms with E-state index in [1.807, 2.05) is 47.4 Å². The molecule has 9 heteroatoms. The fourth-order valence-corrected chi connectivity index (χ4v) is 5.12. The van der Waals surface area contributed by atoms with E-state index >= 15 is 0 Å². The van der Waals surface area contributed by atoms with Crippen LogP contribution in [0.1, 0.15) is 52.7 Å². The zero-order valence-electron chi connectivity index (χ0n) is 19.5. The third-order valence-electron chi connectivity index (χ3n) is 7.13. The maximum Gasteiger partial charge on any atom is 0.266 e. The van der Waals surface area contributed by atoms with E-state index in [-0.39, 0.29) is 30.7 Å². The van der Waals surface area contributed by atoms with Crippen LogP contribution in [0.15, 0.2) is 48.5 Å². The van der Waals surface area contributed by atoms with Gasteiger partial charge in [0.15, 0.2) is 0 Å². The standard InChI is InChI=1S/C26H29N5O4/c27-31-23(32)9-8-22(26(31)35)30-16-19-12-18(6-7-21(19)25(30)34)14-28-20-10-11-29(24(33)13-20)15-17-4-2-1-3-5-17/h1-7,12,20,22,28H,8-11,13-16,27H2. The minimum absolute atomic E-state index is 0.105. The summed E-state index contributed by atoms with van der Waals surface area (Å²) in [6.07, 6.45) is 1.78. The van der Waals surface area contributed by atoms with Crippen molar-refractivity contribution in [3.8, 4) is 0 Å². The number of imide groups is 1. The first-order valence-corrected chi connectivity index (χ1v) is 12.0. The normalized spacial score (nSPS) is 22.7. The van der Waals surface area contributed by atoms with Gasteiger partial charge in [0.1, 0.15) is 6.04 Å². The van der Waals surface area contributed by atoms with E-state index in [4.69, 9.17) is 5.84 Å². The molecule has 2 aromatic carbocycles. The number of hydrazine groups is 1. The Morgan fingerprint density at radius 2 is 1.74 bits per heavy atom. The molecule has 5 rings (SSSR count). The third kappa shape index (κ3) is 4.69. The van der Waals surface area contributed by atoms with Crippen molar-refractivity contribution in [3.63, 3.8) is 0 Å². The summed E-state index contributed by atoms with van der Waals surface area (Å²) in [5.74, 6) is 4.56. The quantitative estimate of drug-likeness (QED) is 0.370. The van der Waals surface area contributed by atoms with Crippen molar-refractivity contribution < 1.29 is 19.2 Å². The summed E-state index contributed by atoms with van der Waals surface area (Å²) in [5.41, 5.74) is 3.58. The molecule has 0 bridgehead atoms. The molecule has 0 radical (unpaired) electrons. The van der Waals surface area contributed by atoms with Crippen LogP contribution in [0.25, 0.3) is 0 Å². The van der Waals surface area contributed by atoms with E-state index in [1.54, 1.807) is 6.07 Å². The van der Waals surface area contributed by atoms with Crippen LogP contribution in [0.5, 0.6) is 0 Å². The van der Waals surface area contributed by atoms with E-state index in [2.05, 4.69) is 5.32 Å². The van der Waals surface area contributed by atoms with E-state index in [0.717, 1.165) is 29.7 Å². The monoisotopic (exact) mass is 475 g/mol. The predicted octanol–water partition coefficient (Wildman–Crippen LogP) is 1.31. The van der Waals surface area contributed by atoms with Crippen LogP contribution in [-0.2, 0) is 34.0 Å².